The van der Waals surface area contributed by atoms with Crippen LogP contribution in [0.3, 0.4) is 0 Å². The molecule has 1 amide bonds. The fourth-order valence-electron chi connectivity index (χ4n) is 3.39. The van der Waals surface area contributed by atoms with Crippen molar-refractivity contribution in [3.05, 3.63) is 36.0 Å². The number of aromatic nitrogens is 1. The van der Waals surface area contributed by atoms with Crippen LogP contribution in [0.1, 0.15) is 44.1 Å². The Kier molecular flexibility index (Phi) is 4.58. The lowest BCUT2D eigenvalue weighted by atomic mass is 9.91. The van der Waals surface area contributed by atoms with Crippen molar-refractivity contribution in [1.82, 2.24) is 9.47 Å². The van der Waals surface area contributed by atoms with E-state index in [2.05, 4.69) is 0 Å². The minimum atomic E-state index is -0.493. The highest BCUT2D eigenvalue weighted by Crippen LogP contribution is 2.26. The predicted octanol–water partition coefficient (Wildman–Crippen LogP) is 4.01. The topological polar surface area (TPSA) is 51.5 Å². The molecule has 0 atom stereocenters. The SMILES string of the molecule is Cn1c(C(=O)C2CCN(C(=O)OC(C)(C)C)CC2)cc2ccccc21. The number of para-hydroxylation sites is 1. The molecule has 1 aliphatic rings. The van der Waals surface area contributed by atoms with Crippen molar-refractivity contribution in [3.63, 3.8) is 0 Å². The Balaban J connectivity index is 1.67. The smallest absolute Gasteiger partial charge is 0.410 e. The molecule has 0 N–H and O–H groups in total. The van der Waals surface area contributed by atoms with Crippen molar-refractivity contribution >= 4 is 22.8 Å². The predicted molar refractivity (Wildman–Crippen MR) is 97.8 cm³/mol. The van der Waals surface area contributed by atoms with E-state index in [1.807, 2.05) is 62.7 Å². The molecule has 1 aliphatic heterocycles. The third kappa shape index (κ3) is 3.70. The summed E-state index contributed by atoms with van der Waals surface area (Å²) in [6.45, 7) is 6.72. The molecule has 1 fully saturated rings. The minimum absolute atomic E-state index is 0.0401. The van der Waals surface area contributed by atoms with E-state index < -0.39 is 5.60 Å². The highest BCUT2D eigenvalue weighted by molar-refractivity contribution is 6.01. The molecule has 1 aromatic heterocycles. The molecule has 3 rings (SSSR count). The molecule has 5 heteroatoms. The number of Topliss-reactive ketones (excluding diaryl/α,β-unsaturated/α-hetero) is 1. The lowest BCUT2D eigenvalue weighted by Crippen LogP contribution is -2.43. The second-order valence-corrected chi connectivity index (χ2v) is 7.75. The summed E-state index contributed by atoms with van der Waals surface area (Å²) in [6, 6.07) is 9.98. The molecule has 1 aromatic carbocycles. The van der Waals surface area contributed by atoms with Crippen LogP contribution in [0.2, 0.25) is 0 Å². The number of hydrogen-bond acceptors (Lipinski definition) is 3. The van der Waals surface area contributed by atoms with Crippen LogP contribution in [0, 0.1) is 5.92 Å². The molecular formula is C20H26N2O3. The Morgan fingerprint density at radius 2 is 1.76 bits per heavy atom. The highest BCUT2D eigenvalue weighted by Gasteiger charge is 2.31. The average Bonchev–Trinajstić information content (AvgIpc) is 2.90. The van der Waals surface area contributed by atoms with Gasteiger partial charge in [0.15, 0.2) is 5.78 Å². The third-order valence-electron chi connectivity index (χ3n) is 4.72. The van der Waals surface area contributed by atoms with Gasteiger partial charge in [0.25, 0.3) is 0 Å². The van der Waals surface area contributed by atoms with Crippen molar-refractivity contribution in [3.8, 4) is 0 Å². The highest BCUT2D eigenvalue weighted by atomic mass is 16.6. The Hall–Kier alpha value is -2.30. The summed E-state index contributed by atoms with van der Waals surface area (Å²) in [5.74, 6) is 0.129. The first kappa shape index (κ1) is 17.5. The monoisotopic (exact) mass is 342 g/mol. The number of benzene rings is 1. The van der Waals surface area contributed by atoms with E-state index in [-0.39, 0.29) is 17.8 Å². The average molecular weight is 342 g/mol. The second kappa shape index (κ2) is 6.54. The van der Waals surface area contributed by atoms with Crippen molar-refractivity contribution < 1.29 is 14.3 Å². The van der Waals surface area contributed by atoms with E-state index in [0.29, 0.717) is 25.9 Å². The molecule has 5 nitrogen and oxygen atoms in total. The molecule has 2 heterocycles. The van der Waals surface area contributed by atoms with Gasteiger partial charge >= 0.3 is 6.09 Å². The maximum Gasteiger partial charge on any atom is 0.410 e. The molecular weight excluding hydrogens is 316 g/mol. The molecule has 0 spiro atoms. The summed E-state index contributed by atoms with van der Waals surface area (Å²) >= 11 is 0. The number of ketones is 1. The van der Waals surface area contributed by atoms with E-state index >= 15 is 0 Å². The normalized spacial score (nSPS) is 16.2. The number of nitrogens with zero attached hydrogens (tertiary/aromatic N) is 2. The molecule has 1 saturated heterocycles. The van der Waals surface area contributed by atoms with E-state index in [9.17, 15) is 9.59 Å². The number of aryl methyl sites for hydroxylation is 1. The maximum atomic E-state index is 12.9. The van der Waals surface area contributed by atoms with Crippen molar-refractivity contribution in [2.45, 2.75) is 39.2 Å². The van der Waals surface area contributed by atoms with E-state index in [4.69, 9.17) is 4.74 Å². The fourth-order valence-corrected chi connectivity index (χ4v) is 3.39. The lowest BCUT2D eigenvalue weighted by molar-refractivity contribution is 0.0182. The number of hydrogen-bond donors (Lipinski definition) is 0. The molecule has 2 aromatic rings. The van der Waals surface area contributed by atoms with Crippen molar-refractivity contribution in [2.75, 3.05) is 13.1 Å². The Morgan fingerprint density at radius 1 is 1.12 bits per heavy atom. The quantitative estimate of drug-likeness (QED) is 0.775. The summed E-state index contributed by atoms with van der Waals surface area (Å²) in [7, 11) is 1.94. The number of rotatable bonds is 2. The van der Waals surface area contributed by atoms with Crippen LogP contribution in [0.5, 0.6) is 0 Å². The molecule has 0 bridgehead atoms. The van der Waals surface area contributed by atoms with Crippen LogP contribution >= 0.6 is 0 Å². The van der Waals surface area contributed by atoms with Gasteiger partial charge in [0.05, 0.1) is 5.69 Å². The van der Waals surface area contributed by atoms with E-state index in [1.54, 1.807) is 4.90 Å². The molecule has 0 radical (unpaired) electrons. The van der Waals surface area contributed by atoms with Gasteiger partial charge in [-0.25, -0.2) is 4.79 Å². The Bertz CT molecular complexity index is 793. The molecule has 0 unspecified atom stereocenters. The zero-order valence-corrected chi connectivity index (χ0v) is 15.4. The number of amides is 1. The van der Waals surface area contributed by atoms with Crippen LogP contribution in [0.15, 0.2) is 30.3 Å². The molecule has 134 valence electrons. The number of likely N-dealkylation sites (tertiary alicyclic amines) is 1. The fraction of sp³-hybridized carbons (Fsp3) is 0.500. The van der Waals surface area contributed by atoms with E-state index in [0.717, 1.165) is 16.6 Å². The number of piperidine rings is 1. The van der Waals surface area contributed by atoms with Crippen LogP contribution in [0.25, 0.3) is 10.9 Å². The third-order valence-corrected chi connectivity index (χ3v) is 4.72. The summed E-state index contributed by atoms with van der Waals surface area (Å²) in [4.78, 5) is 26.8. The minimum Gasteiger partial charge on any atom is -0.444 e. The Morgan fingerprint density at radius 3 is 2.36 bits per heavy atom. The first-order valence-corrected chi connectivity index (χ1v) is 8.83. The van der Waals surface area contributed by atoms with Gasteiger partial charge in [-0.1, -0.05) is 18.2 Å². The van der Waals surface area contributed by atoms with Gasteiger partial charge in [0, 0.05) is 37.0 Å². The van der Waals surface area contributed by atoms with Crippen LogP contribution in [0.4, 0.5) is 4.79 Å². The molecule has 0 saturated carbocycles. The van der Waals surface area contributed by atoms with Crippen LogP contribution < -0.4 is 0 Å². The summed E-state index contributed by atoms with van der Waals surface area (Å²) < 4.78 is 7.38. The number of carbonyl (C=O) groups excluding carboxylic acids is 2. The first-order valence-electron chi connectivity index (χ1n) is 8.83. The number of fused-ring (bicyclic) bond motifs is 1. The van der Waals surface area contributed by atoms with Gasteiger partial charge in [0.1, 0.15) is 5.60 Å². The summed E-state index contributed by atoms with van der Waals surface area (Å²) in [5, 5.41) is 1.08. The van der Waals surface area contributed by atoms with E-state index in [1.165, 1.54) is 0 Å². The Labute approximate surface area is 148 Å². The standard InChI is InChI=1S/C20H26N2O3/c1-20(2,3)25-19(24)22-11-9-14(10-12-22)18(23)17-13-15-7-5-6-8-16(15)21(17)4/h5-8,13-14H,9-12H2,1-4H3. The molecule has 25 heavy (non-hydrogen) atoms. The number of carbonyl (C=O) groups is 2. The summed E-state index contributed by atoms with van der Waals surface area (Å²) in [5.41, 5.74) is 1.32. The van der Waals surface area contributed by atoms with Crippen LogP contribution in [-0.4, -0.2) is 40.0 Å². The van der Waals surface area contributed by atoms with Gasteiger partial charge in [-0.15, -0.1) is 0 Å². The number of ether oxygens (including phenoxy) is 1. The van der Waals surface area contributed by atoms with Gasteiger partial charge in [0.2, 0.25) is 0 Å². The second-order valence-electron chi connectivity index (χ2n) is 7.75. The largest absolute Gasteiger partial charge is 0.444 e. The first-order chi connectivity index (χ1) is 11.8. The van der Waals surface area contributed by atoms with Crippen molar-refractivity contribution in [1.29, 1.82) is 0 Å². The summed E-state index contributed by atoms with van der Waals surface area (Å²) in [6.07, 6.45) is 1.07. The lowest BCUT2D eigenvalue weighted by Gasteiger charge is -2.32. The molecule has 0 aliphatic carbocycles. The van der Waals surface area contributed by atoms with Gasteiger partial charge < -0.3 is 14.2 Å². The zero-order chi connectivity index (χ0) is 18.2. The van der Waals surface area contributed by atoms with Crippen molar-refractivity contribution in [2.24, 2.45) is 13.0 Å². The zero-order valence-electron chi connectivity index (χ0n) is 15.4. The van der Waals surface area contributed by atoms with Gasteiger partial charge in [-0.05, 0) is 45.7 Å². The van der Waals surface area contributed by atoms with Crippen LogP contribution in [-0.2, 0) is 11.8 Å². The van der Waals surface area contributed by atoms with Gasteiger partial charge in [-0.2, -0.15) is 0 Å². The van der Waals surface area contributed by atoms with Gasteiger partial charge in [-0.3, -0.25) is 4.79 Å². The maximum absolute atomic E-state index is 12.9.